The van der Waals surface area contributed by atoms with Gasteiger partial charge in [-0.15, -0.1) is 0 Å². The SMILES string of the molecule is COc1ccccc1CCN1CCC[C@@H](CN(C)C(=O)Cn2nc(C)cc2C)C1. The highest BCUT2D eigenvalue weighted by atomic mass is 16.5. The van der Waals surface area contributed by atoms with E-state index in [1.165, 1.54) is 18.4 Å². The summed E-state index contributed by atoms with van der Waals surface area (Å²) in [7, 11) is 3.65. The highest BCUT2D eigenvalue weighted by Crippen LogP contribution is 2.21. The van der Waals surface area contributed by atoms with Crippen LogP contribution in [-0.4, -0.2) is 65.8 Å². The predicted octanol–water partition coefficient (Wildman–Crippen LogP) is 2.92. The molecule has 0 unspecified atom stereocenters. The van der Waals surface area contributed by atoms with E-state index >= 15 is 0 Å². The molecule has 1 atom stereocenters. The average molecular weight is 399 g/mol. The molecule has 2 aromatic rings. The highest BCUT2D eigenvalue weighted by molar-refractivity contribution is 5.75. The zero-order chi connectivity index (χ0) is 20.8. The van der Waals surface area contributed by atoms with Crippen LogP contribution in [0.5, 0.6) is 5.75 Å². The first-order valence-corrected chi connectivity index (χ1v) is 10.6. The van der Waals surface area contributed by atoms with Crippen molar-refractivity contribution >= 4 is 5.91 Å². The van der Waals surface area contributed by atoms with Gasteiger partial charge in [0.15, 0.2) is 0 Å². The molecule has 0 saturated carbocycles. The van der Waals surface area contributed by atoms with Gasteiger partial charge in [-0.3, -0.25) is 9.48 Å². The number of aryl methyl sites for hydroxylation is 2. The third kappa shape index (κ3) is 5.82. The summed E-state index contributed by atoms with van der Waals surface area (Å²) in [6.45, 7) is 8.29. The molecular formula is C23H34N4O2. The van der Waals surface area contributed by atoms with Gasteiger partial charge in [0, 0.05) is 32.4 Å². The number of likely N-dealkylation sites (tertiary alicyclic amines) is 1. The van der Waals surface area contributed by atoms with E-state index in [2.05, 4.69) is 22.1 Å². The first-order valence-electron chi connectivity index (χ1n) is 10.6. The Morgan fingerprint density at radius 3 is 2.83 bits per heavy atom. The van der Waals surface area contributed by atoms with Gasteiger partial charge in [-0.25, -0.2) is 0 Å². The number of carbonyl (C=O) groups is 1. The molecule has 0 radical (unpaired) electrons. The van der Waals surface area contributed by atoms with Gasteiger partial charge in [0.1, 0.15) is 12.3 Å². The Morgan fingerprint density at radius 1 is 1.31 bits per heavy atom. The maximum absolute atomic E-state index is 12.6. The molecule has 0 spiro atoms. The molecular weight excluding hydrogens is 364 g/mol. The third-order valence-corrected chi connectivity index (χ3v) is 5.84. The van der Waals surface area contributed by atoms with Gasteiger partial charge in [-0.1, -0.05) is 18.2 Å². The topological polar surface area (TPSA) is 50.6 Å². The van der Waals surface area contributed by atoms with Crippen LogP contribution in [0.2, 0.25) is 0 Å². The lowest BCUT2D eigenvalue weighted by Gasteiger charge is -2.34. The second-order valence-corrected chi connectivity index (χ2v) is 8.23. The van der Waals surface area contributed by atoms with E-state index in [1.807, 2.05) is 44.0 Å². The number of ether oxygens (including phenoxy) is 1. The molecule has 1 fully saturated rings. The molecule has 1 amide bonds. The van der Waals surface area contributed by atoms with E-state index < -0.39 is 0 Å². The molecule has 1 aliphatic heterocycles. The van der Waals surface area contributed by atoms with Gasteiger partial charge < -0.3 is 14.5 Å². The number of amides is 1. The molecule has 1 aromatic carbocycles. The maximum Gasteiger partial charge on any atom is 0.244 e. The third-order valence-electron chi connectivity index (χ3n) is 5.84. The van der Waals surface area contributed by atoms with Crippen molar-refractivity contribution in [2.75, 3.05) is 40.3 Å². The Bertz CT molecular complexity index is 817. The first kappa shape index (κ1) is 21.4. The minimum Gasteiger partial charge on any atom is -0.496 e. The normalized spacial score (nSPS) is 17.3. The van der Waals surface area contributed by atoms with Crippen LogP contribution >= 0.6 is 0 Å². The summed E-state index contributed by atoms with van der Waals surface area (Å²) in [5.74, 6) is 1.62. The van der Waals surface area contributed by atoms with Crippen molar-refractivity contribution in [2.45, 2.75) is 39.7 Å². The molecule has 1 aliphatic rings. The van der Waals surface area contributed by atoms with Crippen LogP contribution in [0.1, 0.15) is 29.8 Å². The van der Waals surface area contributed by atoms with Crippen molar-refractivity contribution in [2.24, 2.45) is 5.92 Å². The zero-order valence-electron chi connectivity index (χ0n) is 18.2. The Labute approximate surface area is 174 Å². The molecule has 0 N–H and O–H groups in total. The Kier molecular flexibility index (Phi) is 7.31. The van der Waals surface area contributed by atoms with Gasteiger partial charge in [-0.05, 0) is 63.3 Å². The molecule has 6 nitrogen and oxygen atoms in total. The number of aromatic nitrogens is 2. The van der Waals surface area contributed by atoms with Crippen molar-refractivity contribution in [3.8, 4) is 5.75 Å². The maximum atomic E-state index is 12.6. The summed E-state index contributed by atoms with van der Waals surface area (Å²) in [6, 6.07) is 10.3. The monoisotopic (exact) mass is 398 g/mol. The van der Waals surface area contributed by atoms with Crippen molar-refractivity contribution in [1.29, 1.82) is 0 Å². The fourth-order valence-corrected chi connectivity index (χ4v) is 4.26. The lowest BCUT2D eigenvalue weighted by Crippen LogP contribution is -2.43. The molecule has 3 rings (SSSR count). The van der Waals surface area contributed by atoms with Crippen LogP contribution in [0.15, 0.2) is 30.3 Å². The van der Waals surface area contributed by atoms with Gasteiger partial charge >= 0.3 is 0 Å². The number of benzene rings is 1. The van der Waals surface area contributed by atoms with E-state index in [0.29, 0.717) is 12.5 Å². The van der Waals surface area contributed by atoms with Crippen LogP contribution in [0.25, 0.3) is 0 Å². The van der Waals surface area contributed by atoms with Crippen LogP contribution in [-0.2, 0) is 17.8 Å². The number of nitrogens with zero attached hydrogens (tertiary/aromatic N) is 4. The van der Waals surface area contributed by atoms with E-state index in [1.54, 1.807) is 11.8 Å². The van der Waals surface area contributed by atoms with Crippen LogP contribution < -0.4 is 4.74 Å². The van der Waals surface area contributed by atoms with Crippen molar-refractivity contribution in [1.82, 2.24) is 19.6 Å². The summed E-state index contributed by atoms with van der Waals surface area (Å²) in [6.07, 6.45) is 3.36. The largest absolute Gasteiger partial charge is 0.496 e. The Hall–Kier alpha value is -2.34. The molecule has 0 bridgehead atoms. The smallest absolute Gasteiger partial charge is 0.244 e. The molecule has 29 heavy (non-hydrogen) atoms. The number of hydrogen-bond donors (Lipinski definition) is 0. The summed E-state index contributed by atoms with van der Waals surface area (Å²) >= 11 is 0. The van der Waals surface area contributed by atoms with E-state index in [9.17, 15) is 4.79 Å². The van der Waals surface area contributed by atoms with Crippen LogP contribution in [0.3, 0.4) is 0 Å². The molecule has 6 heteroatoms. The van der Waals surface area contributed by atoms with Gasteiger partial charge in [0.05, 0.1) is 12.8 Å². The van der Waals surface area contributed by atoms with Crippen LogP contribution in [0.4, 0.5) is 0 Å². The van der Waals surface area contributed by atoms with E-state index in [-0.39, 0.29) is 5.91 Å². The lowest BCUT2D eigenvalue weighted by atomic mass is 9.97. The summed E-state index contributed by atoms with van der Waals surface area (Å²) in [5, 5.41) is 4.41. The minimum atomic E-state index is 0.127. The quantitative estimate of drug-likeness (QED) is 0.686. The predicted molar refractivity (Wildman–Crippen MR) is 115 cm³/mol. The summed E-state index contributed by atoms with van der Waals surface area (Å²) in [4.78, 5) is 17.1. The lowest BCUT2D eigenvalue weighted by molar-refractivity contribution is -0.131. The van der Waals surface area contributed by atoms with E-state index in [0.717, 1.165) is 49.7 Å². The van der Waals surface area contributed by atoms with E-state index in [4.69, 9.17) is 4.74 Å². The number of methoxy groups -OCH3 is 1. The number of hydrogen-bond acceptors (Lipinski definition) is 4. The summed E-state index contributed by atoms with van der Waals surface area (Å²) < 4.78 is 7.27. The molecule has 2 heterocycles. The average Bonchev–Trinajstić information content (AvgIpc) is 3.03. The van der Waals surface area contributed by atoms with Crippen LogP contribution in [0, 0.1) is 19.8 Å². The van der Waals surface area contributed by atoms with Crippen molar-refractivity contribution in [3.63, 3.8) is 0 Å². The van der Waals surface area contributed by atoms with Crippen molar-refractivity contribution < 1.29 is 9.53 Å². The first-order chi connectivity index (χ1) is 14.0. The van der Waals surface area contributed by atoms with Gasteiger partial charge in [0.25, 0.3) is 0 Å². The van der Waals surface area contributed by atoms with Gasteiger partial charge in [0.2, 0.25) is 5.91 Å². The second-order valence-electron chi connectivity index (χ2n) is 8.23. The fourth-order valence-electron chi connectivity index (χ4n) is 4.26. The number of rotatable bonds is 8. The second kappa shape index (κ2) is 9.92. The number of likely N-dealkylation sites (N-methyl/N-ethyl adjacent to an activating group) is 1. The summed E-state index contributed by atoms with van der Waals surface area (Å²) in [5.41, 5.74) is 3.25. The zero-order valence-corrected chi connectivity index (χ0v) is 18.2. The number of para-hydroxylation sites is 1. The standard InChI is InChI=1S/C23H34N4O2/c1-18-14-19(2)27(24-18)17-23(28)25(3)15-20-8-7-12-26(16-20)13-11-21-9-5-6-10-22(21)29-4/h5-6,9-10,14,20H,7-8,11-13,15-17H2,1-4H3/t20-/m0/s1. The Morgan fingerprint density at radius 2 is 2.10 bits per heavy atom. The Balaban J connectivity index is 1.48. The molecule has 0 aliphatic carbocycles. The number of carbonyl (C=O) groups excluding carboxylic acids is 1. The fraction of sp³-hybridized carbons (Fsp3) is 0.565. The highest BCUT2D eigenvalue weighted by Gasteiger charge is 2.23. The molecule has 158 valence electrons. The molecule has 1 saturated heterocycles. The molecule has 1 aromatic heterocycles. The number of piperidine rings is 1. The van der Waals surface area contributed by atoms with Crippen molar-refractivity contribution in [3.05, 3.63) is 47.3 Å². The van der Waals surface area contributed by atoms with Gasteiger partial charge in [-0.2, -0.15) is 5.10 Å². The minimum absolute atomic E-state index is 0.127.